The van der Waals surface area contributed by atoms with Gasteiger partial charge in [0.05, 0.1) is 11.8 Å². The summed E-state index contributed by atoms with van der Waals surface area (Å²) in [6.07, 6.45) is 1.48. The number of benzene rings is 3. The highest BCUT2D eigenvalue weighted by Crippen LogP contribution is 2.16. The maximum absolute atomic E-state index is 12.1. The highest BCUT2D eigenvalue weighted by Gasteiger charge is 2.08. The molecule has 29 heavy (non-hydrogen) atoms. The Hall–Kier alpha value is -3.64. The van der Waals surface area contributed by atoms with Crippen LogP contribution < -0.4 is 14.9 Å². The number of halogens is 1. The standard InChI is InChI=1S/C22H17ClN2O4/c23-18-6-4-5-17(13-18)22(27)29-20-11-9-16(10-12-20)14-24-25-21(26)15-28-19-7-2-1-3-8-19/h1-14H,15H2,(H,25,26)/b24-14+. The number of hydrogen-bond donors (Lipinski definition) is 1. The summed E-state index contributed by atoms with van der Waals surface area (Å²) >= 11 is 5.87. The number of ether oxygens (including phenoxy) is 2. The van der Waals surface area contributed by atoms with Gasteiger partial charge < -0.3 is 9.47 Å². The van der Waals surface area contributed by atoms with Crippen LogP contribution in [0.5, 0.6) is 11.5 Å². The second kappa shape index (κ2) is 10.1. The molecule has 0 spiro atoms. The van der Waals surface area contributed by atoms with Gasteiger partial charge in [-0.2, -0.15) is 5.10 Å². The van der Waals surface area contributed by atoms with Gasteiger partial charge in [-0.25, -0.2) is 10.2 Å². The molecule has 0 aliphatic heterocycles. The Bertz CT molecular complexity index is 1000. The first-order valence-corrected chi connectivity index (χ1v) is 9.05. The zero-order valence-corrected chi connectivity index (χ0v) is 16.0. The number of carbonyl (C=O) groups excluding carboxylic acids is 2. The van der Waals surface area contributed by atoms with Crippen LogP contribution in [0.3, 0.4) is 0 Å². The van der Waals surface area contributed by atoms with Gasteiger partial charge in [0.15, 0.2) is 6.61 Å². The number of para-hydroxylation sites is 1. The third kappa shape index (κ3) is 6.48. The number of hydrazone groups is 1. The lowest BCUT2D eigenvalue weighted by atomic mass is 10.2. The van der Waals surface area contributed by atoms with Crippen molar-refractivity contribution in [3.8, 4) is 11.5 Å². The van der Waals surface area contributed by atoms with Crippen molar-refractivity contribution in [1.82, 2.24) is 5.43 Å². The summed E-state index contributed by atoms with van der Waals surface area (Å²) in [6.45, 7) is -0.139. The predicted molar refractivity (Wildman–Crippen MR) is 111 cm³/mol. The van der Waals surface area contributed by atoms with Crippen molar-refractivity contribution in [2.45, 2.75) is 0 Å². The molecule has 7 heteroatoms. The number of carbonyl (C=O) groups is 2. The first kappa shape index (κ1) is 20.1. The van der Waals surface area contributed by atoms with Gasteiger partial charge in [0.2, 0.25) is 0 Å². The average Bonchev–Trinajstić information content (AvgIpc) is 2.74. The monoisotopic (exact) mass is 408 g/mol. The summed E-state index contributed by atoms with van der Waals surface area (Å²) in [4.78, 5) is 23.8. The lowest BCUT2D eigenvalue weighted by Crippen LogP contribution is -2.24. The molecule has 3 aromatic carbocycles. The smallest absolute Gasteiger partial charge is 0.343 e. The summed E-state index contributed by atoms with van der Waals surface area (Å²) < 4.78 is 10.6. The maximum atomic E-state index is 12.1. The summed E-state index contributed by atoms with van der Waals surface area (Å²) in [5.41, 5.74) is 3.47. The molecule has 146 valence electrons. The molecule has 3 aromatic rings. The predicted octanol–water partition coefficient (Wildman–Crippen LogP) is 4.09. The number of esters is 1. The Balaban J connectivity index is 1.47. The fourth-order valence-corrected chi connectivity index (χ4v) is 2.47. The van der Waals surface area contributed by atoms with E-state index < -0.39 is 5.97 Å². The van der Waals surface area contributed by atoms with E-state index in [4.69, 9.17) is 21.1 Å². The van der Waals surface area contributed by atoms with Crippen LogP contribution in [0.25, 0.3) is 0 Å². The maximum Gasteiger partial charge on any atom is 0.343 e. The van der Waals surface area contributed by atoms with Crippen molar-refractivity contribution in [3.05, 3.63) is 95.0 Å². The Morgan fingerprint density at radius 1 is 0.931 bits per heavy atom. The van der Waals surface area contributed by atoms with Crippen LogP contribution in [0.1, 0.15) is 15.9 Å². The lowest BCUT2D eigenvalue weighted by molar-refractivity contribution is -0.123. The van der Waals surface area contributed by atoms with Gasteiger partial charge in [-0.3, -0.25) is 4.79 Å². The fraction of sp³-hybridized carbons (Fsp3) is 0.0455. The van der Waals surface area contributed by atoms with Crippen LogP contribution in [0.15, 0.2) is 84.0 Å². The molecule has 0 bridgehead atoms. The summed E-state index contributed by atoms with van der Waals surface area (Å²) in [6, 6.07) is 22.2. The Labute approximate surface area is 172 Å². The highest BCUT2D eigenvalue weighted by atomic mass is 35.5. The van der Waals surface area contributed by atoms with E-state index in [-0.39, 0.29) is 12.5 Å². The van der Waals surface area contributed by atoms with E-state index in [1.807, 2.05) is 18.2 Å². The van der Waals surface area contributed by atoms with E-state index in [0.717, 1.165) is 5.56 Å². The Morgan fingerprint density at radius 3 is 2.41 bits per heavy atom. The van der Waals surface area contributed by atoms with Crippen LogP contribution in [-0.4, -0.2) is 24.7 Å². The molecule has 0 fully saturated rings. The average molecular weight is 409 g/mol. The molecule has 0 aliphatic carbocycles. The number of hydrogen-bond acceptors (Lipinski definition) is 5. The minimum atomic E-state index is -0.500. The van der Waals surface area contributed by atoms with Crippen molar-refractivity contribution >= 4 is 29.7 Å². The van der Waals surface area contributed by atoms with Gasteiger partial charge in [0.1, 0.15) is 11.5 Å². The molecule has 1 N–H and O–H groups in total. The van der Waals surface area contributed by atoms with Crippen molar-refractivity contribution in [3.63, 3.8) is 0 Å². The molecule has 6 nitrogen and oxygen atoms in total. The molecule has 0 heterocycles. The third-order valence-corrected chi connectivity index (χ3v) is 3.90. The second-order valence-corrected chi connectivity index (χ2v) is 6.30. The molecule has 0 aliphatic rings. The van der Waals surface area contributed by atoms with Gasteiger partial charge in [0.25, 0.3) is 5.91 Å². The normalized spacial score (nSPS) is 10.5. The number of amides is 1. The molecule has 0 saturated heterocycles. The van der Waals surface area contributed by atoms with Crippen molar-refractivity contribution < 1.29 is 19.1 Å². The summed E-state index contributed by atoms with van der Waals surface area (Å²) in [5, 5.41) is 4.34. The molecule has 0 saturated carbocycles. The molecule has 0 radical (unpaired) electrons. The van der Waals surface area contributed by atoms with Gasteiger partial charge in [-0.15, -0.1) is 0 Å². The largest absolute Gasteiger partial charge is 0.484 e. The number of rotatable bonds is 7. The molecule has 0 aromatic heterocycles. The van der Waals surface area contributed by atoms with Gasteiger partial charge in [-0.1, -0.05) is 35.9 Å². The fourth-order valence-electron chi connectivity index (χ4n) is 2.28. The number of nitrogens with zero attached hydrogens (tertiary/aromatic N) is 1. The van der Waals surface area contributed by atoms with Gasteiger partial charge >= 0.3 is 5.97 Å². The van der Waals surface area contributed by atoms with Crippen LogP contribution in [0.2, 0.25) is 5.02 Å². The summed E-state index contributed by atoms with van der Waals surface area (Å²) in [7, 11) is 0. The van der Waals surface area contributed by atoms with E-state index in [1.165, 1.54) is 12.3 Å². The zero-order chi connectivity index (χ0) is 20.5. The quantitative estimate of drug-likeness (QED) is 0.276. The van der Waals surface area contributed by atoms with Crippen LogP contribution >= 0.6 is 11.6 Å². The van der Waals surface area contributed by atoms with Gasteiger partial charge in [-0.05, 0) is 60.2 Å². The third-order valence-electron chi connectivity index (χ3n) is 3.67. The van der Waals surface area contributed by atoms with E-state index in [0.29, 0.717) is 22.1 Å². The van der Waals surface area contributed by atoms with E-state index in [9.17, 15) is 9.59 Å². The minimum absolute atomic E-state index is 0.139. The molecule has 0 unspecified atom stereocenters. The van der Waals surface area contributed by atoms with Crippen LogP contribution in [0, 0.1) is 0 Å². The van der Waals surface area contributed by atoms with E-state index in [2.05, 4.69) is 10.5 Å². The second-order valence-electron chi connectivity index (χ2n) is 5.86. The lowest BCUT2D eigenvalue weighted by Gasteiger charge is -2.05. The SMILES string of the molecule is O=C(COc1ccccc1)N/N=C/c1ccc(OC(=O)c2cccc(Cl)c2)cc1. The molecular formula is C22H17ClN2O4. The van der Waals surface area contributed by atoms with Crippen LogP contribution in [0.4, 0.5) is 0 Å². The topological polar surface area (TPSA) is 77.0 Å². The molecular weight excluding hydrogens is 392 g/mol. The Morgan fingerprint density at radius 2 is 1.69 bits per heavy atom. The Kier molecular flexibility index (Phi) is 6.97. The zero-order valence-electron chi connectivity index (χ0n) is 15.2. The molecule has 0 atom stereocenters. The highest BCUT2D eigenvalue weighted by molar-refractivity contribution is 6.30. The van der Waals surface area contributed by atoms with Gasteiger partial charge in [0, 0.05) is 5.02 Å². The van der Waals surface area contributed by atoms with Crippen LogP contribution in [-0.2, 0) is 4.79 Å². The van der Waals surface area contributed by atoms with Crippen molar-refractivity contribution in [2.75, 3.05) is 6.61 Å². The first-order valence-electron chi connectivity index (χ1n) is 8.68. The molecule has 1 amide bonds. The minimum Gasteiger partial charge on any atom is -0.484 e. The van der Waals surface area contributed by atoms with E-state index >= 15 is 0 Å². The van der Waals surface area contributed by atoms with Crippen molar-refractivity contribution in [1.29, 1.82) is 0 Å². The van der Waals surface area contributed by atoms with Crippen molar-refractivity contribution in [2.24, 2.45) is 5.10 Å². The number of nitrogens with one attached hydrogen (secondary N) is 1. The van der Waals surface area contributed by atoms with E-state index in [1.54, 1.807) is 54.6 Å². The first-order chi connectivity index (χ1) is 14.1. The summed E-state index contributed by atoms with van der Waals surface area (Å²) in [5.74, 6) is 0.110. The molecule has 3 rings (SSSR count).